The van der Waals surface area contributed by atoms with E-state index in [2.05, 4.69) is 9.88 Å². The predicted molar refractivity (Wildman–Crippen MR) is 54.6 cm³/mol. The lowest BCUT2D eigenvalue weighted by Crippen LogP contribution is -2.42. The van der Waals surface area contributed by atoms with E-state index in [4.69, 9.17) is 5.73 Å². The summed E-state index contributed by atoms with van der Waals surface area (Å²) in [6.07, 6.45) is 4.27. The molecule has 0 radical (unpaired) electrons. The zero-order chi connectivity index (χ0) is 9.10. The molecule has 72 valence electrons. The van der Waals surface area contributed by atoms with Gasteiger partial charge in [-0.15, -0.1) is 11.3 Å². The summed E-state index contributed by atoms with van der Waals surface area (Å²) in [5, 5.41) is 3.23. The Morgan fingerprint density at radius 1 is 1.69 bits per heavy atom. The van der Waals surface area contributed by atoms with Crippen molar-refractivity contribution in [3.05, 3.63) is 16.6 Å². The highest BCUT2D eigenvalue weighted by atomic mass is 32.1. The van der Waals surface area contributed by atoms with Crippen molar-refractivity contribution in [1.82, 2.24) is 9.88 Å². The molecule has 2 N–H and O–H groups in total. The van der Waals surface area contributed by atoms with Crippen LogP contribution in [-0.2, 0) is 6.54 Å². The van der Waals surface area contributed by atoms with Crippen LogP contribution in [0.2, 0.25) is 0 Å². The highest BCUT2D eigenvalue weighted by Crippen LogP contribution is 2.13. The minimum Gasteiger partial charge on any atom is -0.327 e. The number of likely N-dealkylation sites (tertiary alicyclic amines) is 1. The third kappa shape index (κ3) is 2.49. The van der Waals surface area contributed by atoms with Crippen LogP contribution in [0.15, 0.2) is 11.6 Å². The van der Waals surface area contributed by atoms with Crippen molar-refractivity contribution >= 4 is 11.3 Å². The van der Waals surface area contributed by atoms with Crippen LogP contribution in [0.5, 0.6) is 0 Å². The van der Waals surface area contributed by atoms with Crippen LogP contribution in [-0.4, -0.2) is 29.0 Å². The van der Waals surface area contributed by atoms with Crippen molar-refractivity contribution in [3.63, 3.8) is 0 Å². The fraction of sp³-hybridized carbons (Fsp3) is 0.667. The van der Waals surface area contributed by atoms with E-state index in [1.54, 1.807) is 11.3 Å². The number of rotatable bonds is 2. The molecule has 1 fully saturated rings. The Kier molecular flexibility index (Phi) is 2.93. The second-order valence-corrected chi connectivity index (χ2v) is 4.54. The molecule has 1 saturated heterocycles. The molecular formula is C9H15N3S. The van der Waals surface area contributed by atoms with Gasteiger partial charge in [-0.1, -0.05) is 0 Å². The van der Waals surface area contributed by atoms with Gasteiger partial charge < -0.3 is 5.73 Å². The molecule has 3 nitrogen and oxygen atoms in total. The molecule has 0 bridgehead atoms. The first-order chi connectivity index (χ1) is 6.34. The van der Waals surface area contributed by atoms with E-state index in [1.807, 2.05) is 11.6 Å². The van der Waals surface area contributed by atoms with Gasteiger partial charge in [0.15, 0.2) is 0 Å². The maximum Gasteiger partial charge on any atom is 0.107 e. The standard InChI is InChI=1S/C9H15N3S/c10-8-2-1-4-12(6-8)7-9-11-3-5-13-9/h3,5,8H,1-2,4,6-7,10H2. The van der Waals surface area contributed by atoms with Gasteiger partial charge in [0.1, 0.15) is 5.01 Å². The van der Waals surface area contributed by atoms with Gasteiger partial charge in [0, 0.05) is 24.2 Å². The van der Waals surface area contributed by atoms with Gasteiger partial charge in [-0.3, -0.25) is 4.90 Å². The highest BCUT2D eigenvalue weighted by molar-refractivity contribution is 7.09. The Morgan fingerprint density at radius 2 is 2.62 bits per heavy atom. The number of hydrogen-bond donors (Lipinski definition) is 1. The van der Waals surface area contributed by atoms with Gasteiger partial charge in [-0.05, 0) is 19.4 Å². The normalized spacial score (nSPS) is 24.8. The third-order valence-electron chi connectivity index (χ3n) is 2.38. The summed E-state index contributed by atoms with van der Waals surface area (Å²) in [7, 11) is 0. The van der Waals surface area contributed by atoms with Crippen LogP contribution in [0.25, 0.3) is 0 Å². The maximum atomic E-state index is 5.90. The molecule has 0 aliphatic carbocycles. The van der Waals surface area contributed by atoms with E-state index in [0.29, 0.717) is 6.04 Å². The Morgan fingerprint density at radius 3 is 3.31 bits per heavy atom. The zero-order valence-corrected chi connectivity index (χ0v) is 8.46. The van der Waals surface area contributed by atoms with E-state index in [-0.39, 0.29) is 0 Å². The van der Waals surface area contributed by atoms with Crippen molar-refractivity contribution < 1.29 is 0 Å². The molecule has 0 spiro atoms. The highest BCUT2D eigenvalue weighted by Gasteiger charge is 2.16. The summed E-state index contributed by atoms with van der Waals surface area (Å²) >= 11 is 1.72. The molecule has 2 heterocycles. The topological polar surface area (TPSA) is 42.1 Å². The fourth-order valence-electron chi connectivity index (χ4n) is 1.76. The second-order valence-electron chi connectivity index (χ2n) is 3.56. The van der Waals surface area contributed by atoms with E-state index in [1.165, 1.54) is 24.4 Å². The quantitative estimate of drug-likeness (QED) is 0.771. The van der Waals surface area contributed by atoms with E-state index in [0.717, 1.165) is 13.1 Å². The van der Waals surface area contributed by atoms with Gasteiger partial charge >= 0.3 is 0 Å². The smallest absolute Gasteiger partial charge is 0.107 e. The number of nitrogens with zero attached hydrogens (tertiary/aromatic N) is 2. The van der Waals surface area contributed by atoms with Gasteiger partial charge in [-0.25, -0.2) is 4.98 Å². The summed E-state index contributed by atoms with van der Waals surface area (Å²) in [4.78, 5) is 6.67. The summed E-state index contributed by atoms with van der Waals surface area (Å²) in [6, 6.07) is 0.369. The van der Waals surface area contributed by atoms with Crippen LogP contribution in [0.1, 0.15) is 17.8 Å². The van der Waals surface area contributed by atoms with E-state index in [9.17, 15) is 0 Å². The van der Waals surface area contributed by atoms with E-state index >= 15 is 0 Å². The van der Waals surface area contributed by atoms with Crippen LogP contribution < -0.4 is 5.73 Å². The number of hydrogen-bond acceptors (Lipinski definition) is 4. The molecule has 1 aliphatic rings. The molecule has 1 atom stereocenters. The molecule has 1 aromatic heterocycles. The largest absolute Gasteiger partial charge is 0.327 e. The van der Waals surface area contributed by atoms with E-state index < -0.39 is 0 Å². The number of aromatic nitrogens is 1. The molecule has 1 aliphatic heterocycles. The summed E-state index contributed by atoms with van der Waals surface area (Å²) in [5.41, 5.74) is 5.90. The maximum absolute atomic E-state index is 5.90. The Hall–Kier alpha value is -0.450. The molecule has 0 saturated carbocycles. The average molecular weight is 197 g/mol. The number of thiazole rings is 1. The Balaban J connectivity index is 1.87. The average Bonchev–Trinajstić information content (AvgIpc) is 2.57. The van der Waals surface area contributed by atoms with Crippen molar-refractivity contribution in [3.8, 4) is 0 Å². The Labute approximate surface area is 82.6 Å². The van der Waals surface area contributed by atoms with Gasteiger partial charge in [-0.2, -0.15) is 0 Å². The molecule has 0 aromatic carbocycles. The monoisotopic (exact) mass is 197 g/mol. The number of nitrogens with two attached hydrogens (primary N) is 1. The zero-order valence-electron chi connectivity index (χ0n) is 7.65. The minimum absolute atomic E-state index is 0.369. The molecule has 1 unspecified atom stereocenters. The van der Waals surface area contributed by atoms with Gasteiger partial charge in [0.2, 0.25) is 0 Å². The fourth-order valence-corrected chi connectivity index (χ4v) is 2.41. The first-order valence-corrected chi connectivity index (χ1v) is 5.59. The van der Waals surface area contributed by atoms with Crippen LogP contribution in [0.4, 0.5) is 0 Å². The van der Waals surface area contributed by atoms with Gasteiger partial charge in [0.05, 0.1) is 6.54 Å². The first kappa shape index (κ1) is 9.12. The lowest BCUT2D eigenvalue weighted by Gasteiger charge is -2.29. The lowest BCUT2D eigenvalue weighted by atomic mass is 10.1. The summed E-state index contributed by atoms with van der Waals surface area (Å²) in [6.45, 7) is 3.18. The summed E-state index contributed by atoms with van der Waals surface area (Å²) < 4.78 is 0. The van der Waals surface area contributed by atoms with Crippen LogP contribution in [0.3, 0.4) is 0 Å². The molecule has 1 aromatic rings. The third-order valence-corrected chi connectivity index (χ3v) is 3.15. The first-order valence-electron chi connectivity index (χ1n) is 4.71. The van der Waals surface area contributed by atoms with Crippen molar-refractivity contribution in [2.24, 2.45) is 5.73 Å². The molecule has 0 amide bonds. The molecule has 13 heavy (non-hydrogen) atoms. The predicted octanol–water partition coefficient (Wildman–Crippen LogP) is 1.07. The Bertz CT molecular complexity index is 247. The molecular weight excluding hydrogens is 182 g/mol. The molecule has 2 rings (SSSR count). The van der Waals surface area contributed by atoms with Crippen molar-refractivity contribution in [2.45, 2.75) is 25.4 Å². The molecule has 4 heteroatoms. The van der Waals surface area contributed by atoms with Crippen molar-refractivity contribution in [2.75, 3.05) is 13.1 Å². The van der Waals surface area contributed by atoms with Crippen LogP contribution in [0, 0.1) is 0 Å². The number of piperidine rings is 1. The lowest BCUT2D eigenvalue weighted by molar-refractivity contribution is 0.201. The second kappa shape index (κ2) is 4.17. The van der Waals surface area contributed by atoms with Crippen LogP contribution >= 0.6 is 11.3 Å². The summed E-state index contributed by atoms with van der Waals surface area (Å²) in [5.74, 6) is 0. The minimum atomic E-state index is 0.369. The van der Waals surface area contributed by atoms with Gasteiger partial charge in [0.25, 0.3) is 0 Å². The van der Waals surface area contributed by atoms with Crippen molar-refractivity contribution in [1.29, 1.82) is 0 Å². The SMILES string of the molecule is NC1CCCN(Cc2nccs2)C1.